The van der Waals surface area contributed by atoms with Gasteiger partial charge in [0.15, 0.2) is 11.6 Å². The summed E-state index contributed by atoms with van der Waals surface area (Å²) in [6, 6.07) is 22.9. The average molecular weight is 644 g/mol. The zero-order valence-electron chi connectivity index (χ0n) is 26.1. The number of hydrogen-bond donors (Lipinski definition) is 0. The first-order valence-electron chi connectivity index (χ1n) is 15.4. The van der Waals surface area contributed by atoms with Crippen molar-refractivity contribution in [3.63, 3.8) is 0 Å². The molecule has 0 bridgehead atoms. The van der Waals surface area contributed by atoms with Gasteiger partial charge in [0.1, 0.15) is 10.6 Å². The zero-order valence-corrected chi connectivity index (χ0v) is 27.7. The van der Waals surface area contributed by atoms with Gasteiger partial charge in [-0.3, -0.25) is 9.59 Å². The highest BCUT2D eigenvalue weighted by Gasteiger charge is 2.49. The molecule has 3 aromatic carbocycles. The lowest BCUT2D eigenvalue weighted by molar-refractivity contribution is -0.119. The third-order valence-corrected chi connectivity index (χ3v) is 10.5. The Balaban J connectivity index is 1.52. The largest absolute Gasteiger partial charge is 0.379 e. The lowest BCUT2D eigenvalue weighted by Crippen LogP contribution is -2.45. The van der Waals surface area contributed by atoms with Crippen LogP contribution in [0.5, 0.6) is 5.75 Å². The fourth-order valence-electron chi connectivity index (χ4n) is 7.08. The Morgan fingerprint density at radius 2 is 1.29 bits per heavy atom. The van der Waals surface area contributed by atoms with E-state index >= 15 is 0 Å². The lowest BCUT2D eigenvalue weighted by Gasteiger charge is -2.49. The molecule has 0 N–H and O–H groups in total. The molecule has 0 saturated carbocycles. The SMILES string of the molecule is CC1(C)CC(=O)C2=C(C1)N(CCc1ccccc1)C1=C(C(=O)CC(C)(C)C1)C2c1ccccc1OS(=O)(=O)c1ccc(Cl)cc1. The molecular weight excluding hydrogens is 606 g/mol. The Hall–Kier alpha value is -3.68. The summed E-state index contributed by atoms with van der Waals surface area (Å²) in [5.41, 5.74) is 4.14. The van der Waals surface area contributed by atoms with Crippen molar-refractivity contribution in [2.45, 2.75) is 70.6 Å². The van der Waals surface area contributed by atoms with Crippen LogP contribution in [0.15, 0.2) is 106 Å². The van der Waals surface area contributed by atoms with Gasteiger partial charge in [-0.15, -0.1) is 0 Å². The molecule has 0 unspecified atom stereocenters. The Morgan fingerprint density at radius 3 is 1.87 bits per heavy atom. The van der Waals surface area contributed by atoms with Crippen LogP contribution in [0.2, 0.25) is 5.02 Å². The van der Waals surface area contributed by atoms with Gasteiger partial charge in [0.25, 0.3) is 0 Å². The van der Waals surface area contributed by atoms with Crippen molar-refractivity contribution in [2.75, 3.05) is 6.54 Å². The molecule has 3 aromatic rings. The van der Waals surface area contributed by atoms with Gasteiger partial charge in [0, 0.05) is 58.4 Å². The molecule has 6 nitrogen and oxygen atoms in total. The van der Waals surface area contributed by atoms with Gasteiger partial charge in [-0.05, 0) is 66.0 Å². The van der Waals surface area contributed by atoms with Crippen LogP contribution < -0.4 is 4.18 Å². The number of hydrogen-bond acceptors (Lipinski definition) is 6. The van der Waals surface area contributed by atoms with Crippen molar-refractivity contribution in [2.24, 2.45) is 10.8 Å². The third-order valence-electron chi connectivity index (χ3n) is 9.02. The van der Waals surface area contributed by atoms with Crippen LogP contribution in [0.25, 0.3) is 0 Å². The minimum absolute atomic E-state index is 0.0180. The molecule has 234 valence electrons. The lowest BCUT2D eigenvalue weighted by atomic mass is 9.63. The van der Waals surface area contributed by atoms with Crippen molar-refractivity contribution in [3.05, 3.63) is 118 Å². The van der Waals surface area contributed by atoms with Crippen molar-refractivity contribution in [3.8, 4) is 5.75 Å². The highest BCUT2D eigenvalue weighted by atomic mass is 35.5. The maximum atomic E-state index is 14.2. The summed E-state index contributed by atoms with van der Waals surface area (Å²) in [7, 11) is -4.24. The molecule has 8 heteroatoms. The molecule has 3 aliphatic rings. The van der Waals surface area contributed by atoms with Crippen LogP contribution >= 0.6 is 11.6 Å². The van der Waals surface area contributed by atoms with Crippen LogP contribution in [0.3, 0.4) is 0 Å². The molecule has 45 heavy (non-hydrogen) atoms. The maximum Gasteiger partial charge on any atom is 0.339 e. The van der Waals surface area contributed by atoms with E-state index in [0.717, 1.165) is 17.8 Å². The fourth-order valence-corrected chi connectivity index (χ4v) is 8.16. The summed E-state index contributed by atoms with van der Waals surface area (Å²) in [5.74, 6) is -0.665. The number of halogens is 1. The highest BCUT2D eigenvalue weighted by Crippen LogP contribution is 2.55. The second-order valence-corrected chi connectivity index (χ2v) is 15.9. The average Bonchev–Trinajstić information content (AvgIpc) is 2.95. The van der Waals surface area contributed by atoms with Gasteiger partial charge in [0.05, 0.1) is 0 Å². The number of para-hydroxylation sites is 1. The molecule has 0 saturated heterocycles. The van der Waals surface area contributed by atoms with E-state index in [2.05, 4.69) is 44.7 Å². The van der Waals surface area contributed by atoms with Gasteiger partial charge in [-0.1, -0.05) is 87.8 Å². The van der Waals surface area contributed by atoms with E-state index in [0.29, 0.717) is 54.0 Å². The Kier molecular flexibility index (Phi) is 8.07. The van der Waals surface area contributed by atoms with Crippen LogP contribution in [0.4, 0.5) is 0 Å². The van der Waals surface area contributed by atoms with Gasteiger partial charge in [0.2, 0.25) is 0 Å². The quantitative estimate of drug-likeness (QED) is 0.243. The molecule has 1 aliphatic heterocycles. The maximum absolute atomic E-state index is 14.2. The molecule has 2 aliphatic carbocycles. The summed E-state index contributed by atoms with van der Waals surface area (Å²) in [5, 5.41) is 0.407. The third kappa shape index (κ3) is 6.25. The minimum Gasteiger partial charge on any atom is -0.379 e. The summed E-state index contributed by atoms with van der Waals surface area (Å²) in [4.78, 5) is 30.6. The van der Waals surface area contributed by atoms with Crippen LogP contribution in [0.1, 0.15) is 70.4 Å². The number of carbonyl (C=O) groups excluding carboxylic acids is 2. The molecule has 0 amide bonds. The Labute approximate surface area is 270 Å². The van der Waals surface area contributed by atoms with Crippen molar-refractivity contribution in [1.29, 1.82) is 0 Å². The van der Waals surface area contributed by atoms with Crippen molar-refractivity contribution in [1.82, 2.24) is 4.90 Å². The van der Waals surface area contributed by atoms with Gasteiger partial charge >= 0.3 is 10.1 Å². The molecule has 0 atom stereocenters. The molecular formula is C37H38ClNO5S. The summed E-state index contributed by atoms with van der Waals surface area (Å²) >= 11 is 6.00. The molecule has 1 heterocycles. The fraction of sp³-hybridized carbons (Fsp3) is 0.351. The van der Waals surface area contributed by atoms with Crippen LogP contribution in [0, 0.1) is 10.8 Å². The summed E-state index contributed by atoms with van der Waals surface area (Å²) in [6.45, 7) is 9.05. The predicted octanol–water partition coefficient (Wildman–Crippen LogP) is 8.04. The number of rotatable bonds is 7. The van der Waals surface area contributed by atoms with Crippen molar-refractivity contribution < 1.29 is 22.2 Å². The highest BCUT2D eigenvalue weighted by molar-refractivity contribution is 7.87. The Morgan fingerprint density at radius 1 is 0.756 bits per heavy atom. The van der Waals surface area contributed by atoms with E-state index < -0.39 is 16.0 Å². The number of carbonyl (C=O) groups is 2. The number of benzene rings is 3. The normalized spacial score (nSPS) is 19.8. The molecule has 0 aromatic heterocycles. The van der Waals surface area contributed by atoms with Crippen molar-refractivity contribution >= 4 is 33.3 Å². The molecule has 0 fully saturated rings. The monoisotopic (exact) mass is 643 g/mol. The zero-order chi connectivity index (χ0) is 32.1. The predicted molar refractivity (Wildman–Crippen MR) is 175 cm³/mol. The number of allylic oxidation sites excluding steroid dienone is 4. The second kappa shape index (κ2) is 11.6. The summed E-state index contributed by atoms with van der Waals surface area (Å²) in [6.07, 6.45) is 2.75. The van der Waals surface area contributed by atoms with Gasteiger partial charge in [-0.2, -0.15) is 8.42 Å². The summed E-state index contributed by atoms with van der Waals surface area (Å²) < 4.78 is 32.7. The van der Waals surface area contributed by atoms with E-state index in [1.165, 1.54) is 29.8 Å². The van der Waals surface area contributed by atoms with E-state index in [-0.39, 0.29) is 33.0 Å². The number of Topliss-reactive ketones (excluding diaryl/α,β-unsaturated/α-hetero) is 2. The van der Waals surface area contributed by atoms with E-state index in [1.54, 1.807) is 24.3 Å². The van der Waals surface area contributed by atoms with E-state index in [4.69, 9.17) is 15.8 Å². The first-order chi connectivity index (χ1) is 21.2. The van der Waals surface area contributed by atoms with E-state index in [1.807, 2.05) is 18.2 Å². The standard InChI is InChI=1S/C37H38ClNO5S/c1-36(2)20-28-34(30(40)22-36)33(27-12-8-9-13-32(27)44-45(42,43)26-16-14-25(38)15-17-26)35-29(21-37(3,4)23-31(35)41)39(28)19-18-24-10-6-5-7-11-24/h5-17,33H,18-23H2,1-4H3. The number of ketones is 2. The first kappa shape index (κ1) is 31.3. The van der Waals surface area contributed by atoms with Crippen LogP contribution in [-0.4, -0.2) is 31.4 Å². The van der Waals surface area contributed by atoms with E-state index in [9.17, 15) is 18.0 Å². The first-order valence-corrected chi connectivity index (χ1v) is 17.2. The molecule has 6 rings (SSSR count). The topological polar surface area (TPSA) is 80.8 Å². The van der Waals surface area contributed by atoms with Gasteiger partial charge < -0.3 is 9.08 Å². The number of nitrogens with zero attached hydrogens (tertiary/aromatic N) is 1. The molecule has 0 spiro atoms. The Bertz CT molecular complexity index is 1780. The van der Waals surface area contributed by atoms with Gasteiger partial charge in [-0.25, -0.2) is 0 Å². The second-order valence-electron chi connectivity index (χ2n) is 14.0. The minimum atomic E-state index is -4.24. The van der Waals surface area contributed by atoms with Crippen LogP contribution in [-0.2, 0) is 26.1 Å². The molecule has 0 radical (unpaired) electrons. The smallest absolute Gasteiger partial charge is 0.339 e.